The molecule has 102 valence electrons. The fourth-order valence-corrected chi connectivity index (χ4v) is 5.95. The summed E-state index contributed by atoms with van der Waals surface area (Å²) in [5.41, 5.74) is 0. The van der Waals surface area contributed by atoms with Crippen LogP contribution in [-0.2, 0) is 23.1 Å². The standard InChI is InChI=1S/C11H12BrN3O2S2/c1-8-9(6-10(12)18-8)19(16,17)15-5-4-14-3-2-13-11(14)7-15/h2-3,6H,4-5,7H2,1H3. The zero-order valence-electron chi connectivity index (χ0n) is 10.2. The number of hydrogen-bond acceptors (Lipinski definition) is 4. The van der Waals surface area contributed by atoms with Crippen molar-refractivity contribution in [2.45, 2.75) is 24.9 Å². The van der Waals surface area contributed by atoms with Crippen LogP contribution in [0.25, 0.3) is 0 Å². The SMILES string of the molecule is Cc1sc(Br)cc1S(=O)(=O)N1CCn2ccnc2C1. The van der Waals surface area contributed by atoms with Crippen LogP contribution in [0, 0.1) is 6.92 Å². The summed E-state index contributed by atoms with van der Waals surface area (Å²) in [4.78, 5) is 5.39. The van der Waals surface area contributed by atoms with Crippen molar-refractivity contribution in [3.05, 3.63) is 32.9 Å². The third-order valence-electron chi connectivity index (χ3n) is 3.17. The van der Waals surface area contributed by atoms with Gasteiger partial charge in [-0.05, 0) is 28.9 Å². The second kappa shape index (κ2) is 4.69. The Balaban J connectivity index is 1.96. The van der Waals surface area contributed by atoms with Crippen LogP contribution in [0.2, 0.25) is 0 Å². The maximum Gasteiger partial charge on any atom is 0.244 e. The Labute approximate surface area is 124 Å². The molecular weight excluding hydrogens is 350 g/mol. The van der Waals surface area contributed by atoms with Gasteiger partial charge in [-0.3, -0.25) is 0 Å². The molecule has 0 saturated heterocycles. The highest BCUT2D eigenvalue weighted by Gasteiger charge is 2.30. The molecular formula is C11H12BrN3O2S2. The van der Waals surface area contributed by atoms with E-state index in [2.05, 4.69) is 20.9 Å². The van der Waals surface area contributed by atoms with Crippen molar-refractivity contribution in [3.63, 3.8) is 0 Å². The Kier molecular flexibility index (Phi) is 3.28. The number of fused-ring (bicyclic) bond motifs is 1. The molecule has 0 radical (unpaired) electrons. The molecule has 3 rings (SSSR count). The Morgan fingerprint density at radius 1 is 1.42 bits per heavy atom. The zero-order chi connectivity index (χ0) is 13.6. The molecule has 19 heavy (non-hydrogen) atoms. The molecule has 0 N–H and O–H groups in total. The number of thiophene rings is 1. The maximum atomic E-state index is 12.6. The van der Waals surface area contributed by atoms with Crippen LogP contribution in [0.4, 0.5) is 0 Å². The third-order valence-corrected chi connectivity index (χ3v) is 6.82. The highest BCUT2D eigenvalue weighted by atomic mass is 79.9. The minimum absolute atomic E-state index is 0.336. The molecule has 0 fully saturated rings. The number of aryl methyl sites for hydroxylation is 1. The van der Waals surface area contributed by atoms with Gasteiger partial charge in [0.2, 0.25) is 10.0 Å². The monoisotopic (exact) mass is 361 g/mol. The van der Waals surface area contributed by atoms with Crippen molar-refractivity contribution in [3.8, 4) is 0 Å². The number of halogens is 1. The lowest BCUT2D eigenvalue weighted by molar-refractivity contribution is 0.335. The van der Waals surface area contributed by atoms with Gasteiger partial charge in [-0.1, -0.05) is 0 Å². The summed E-state index contributed by atoms with van der Waals surface area (Å²) < 4.78 is 29.6. The molecule has 5 nitrogen and oxygen atoms in total. The molecule has 1 aliphatic heterocycles. The quantitative estimate of drug-likeness (QED) is 0.823. The first kappa shape index (κ1) is 13.3. The largest absolute Gasteiger partial charge is 0.333 e. The van der Waals surface area contributed by atoms with Gasteiger partial charge in [-0.25, -0.2) is 13.4 Å². The molecule has 3 heterocycles. The van der Waals surface area contributed by atoms with Gasteiger partial charge in [0.25, 0.3) is 0 Å². The molecule has 0 aliphatic carbocycles. The van der Waals surface area contributed by atoms with Gasteiger partial charge in [0.1, 0.15) is 5.82 Å². The highest BCUT2D eigenvalue weighted by Crippen LogP contribution is 2.32. The third kappa shape index (κ3) is 2.26. The molecule has 8 heteroatoms. The Hall–Kier alpha value is -0.700. The Bertz CT molecular complexity index is 720. The second-order valence-electron chi connectivity index (χ2n) is 4.35. The van der Waals surface area contributed by atoms with Crippen LogP contribution in [0.5, 0.6) is 0 Å². The number of aromatic nitrogens is 2. The normalized spacial score (nSPS) is 16.5. The van der Waals surface area contributed by atoms with E-state index in [4.69, 9.17) is 0 Å². The minimum atomic E-state index is -3.43. The molecule has 0 amide bonds. The van der Waals surface area contributed by atoms with Crippen molar-refractivity contribution < 1.29 is 8.42 Å². The topological polar surface area (TPSA) is 55.2 Å². The molecule has 2 aromatic heterocycles. The lowest BCUT2D eigenvalue weighted by atomic mass is 10.4. The van der Waals surface area contributed by atoms with Crippen LogP contribution in [-0.4, -0.2) is 28.8 Å². The van der Waals surface area contributed by atoms with Crippen molar-refractivity contribution in [1.29, 1.82) is 0 Å². The van der Waals surface area contributed by atoms with Crippen molar-refractivity contribution in [2.75, 3.05) is 6.54 Å². The van der Waals surface area contributed by atoms with Gasteiger partial charge in [0.05, 0.1) is 15.2 Å². The number of nitrogens with zero attached hydrogens (tertiary/aromatic N) is 3. The second-order valence-corrected chi connectivity index (χ2v) is 8.89. The van der Waals surface area contributed by atoms with E-state index in [-0.39, 0.29) is 0 Å². The summed E-state index contributed by atoms with van der Waals surface area (Å²) in [6.07, 6.45) is 3.59. The van der Waals surface area contributed by atoms with Gasteiger partial charge < -0.3 is 4.57 Å². The predicted molar refractivity (Wildman–Crippen MR) is 76.6 cm³/mol. The smallest absolute Gasteiger partial charge is 0.244 e. The zero-order valence-corrected chi connectivity index (χ0v) is 13.4. The van der Waals surface area contributed by atoms with E-state index in [9.17, 15) is 8.42 Å². The number of sulfonamides is 1. The van der Waals surface area contributed by atoms with Gasteiger partial charge >= 0.3 is 0 Å². The van der Waals surface area contributed by atoms with E-state index < -0.39 is 10.0 Å². The van der Waals surface area contributed by atoms with Gasteiger partial charge in [-0.2, -0.15) is 4.31 Å². The van der Waals surface area contributed by atoms with E-state index in [0.29, 0.717) is 24.5 Å². The molecule has 2 aromatic rings. The fraction of sp³-hybridized carbons (Fsp3) is 0.364. The van der Waals surface area contributed by atoms with Crippen LogP contribution in [0.3, 0.4) is 0 Å². The molecule has 0 bridgehead atoms. The van der Waals surface area contributed by atoms with Crippen LogP contribution >= 0.6 is 27.3 Å². The van der Waals surface area contributed by atoms with E-state index in [1.165, 1.54) is 15.6 Å². The van der Waals surface area contributed by atoms with Gasteiger partial charge in [0, 0.05) is 30.4 Å². The number of hydrogen-bond donors (Lipinski definition) is 0. The number of rotatable bonds is 2. The summed E-state index contributed by atoms with van der Waals surface area (Å²) in [5.74, 6) is 0.793. The number of imidazole rings is 1. The highest BCUT2D eigenvalue weighted by molar-refractivity contribution is 9.11. The first-order valence-electron chi connectivity index (χ1n) is 5.74. The fourth-order valence-electron chi connectivity index (χ4n) is 2.18. The first-order chi connectivity index (χ1) is 8.98. The summed E-state index contributed by atoms with van der Waals surface area (Å²) in [5, 5.41) is 0. The summed E-state index contributed by atoms with van der Waals surface area (Å²) >= 11 is 4.78. The lowest BCUT2D eigenvalue weighted by Crippen LogP contribution is -2.38. The maximum absolute atomic E-state index is 12.6. The minimum Gasteiger partial charge on any atom is -0.333 e. The van der Waals surface area contributed by atoms with Crippen LogP contribution < -0.4 is 0 Å². The molecule has 0 unspecified atom stereocenters. The summed E-state index contributed by atoms with van der Waals surface area (Å²) in [6.45, 7) is 3.30. The van der Waals surface area contributed by atoms with Gasteiger partial charge in [-0.15, -0.1) is 11.3 Å². The molecule has 0 saturated carbocycles. The first-order valence-corrected chi connectivity index (χ1v) is 8.79. The van der Waals surface area contributed by atoms with Crippen molar-refractivity contribution in [2.24, 2.45) is 0 Å². The van der Waals surface area contributed by atoms with Gasteiger partial charge in [0.15, 0.2) is 0 Å². The average molecular weight is 362 g/mol. The average Bonchev–Trinajstić information content (AvgIpc) is 2.94. The Morgan fingerprint density at radius 2 is 2.21 bits per heavy atom. The van der Waals surface area contributed by atoms with Crippen molar-refractivity contribution in [1.82, 2.24) is 13.9 Å². The van der Waals surface area contributed by atoms with Crippen molar-refractivity contribution >= 4 is 37.3 Å². The predicted octanol–water partition coefficient (Wildman–Crippen LogP) is 2.22. The molecule has 1 aliphatic rings. The molecule has 0 spiro atoms. The van der Waals surface area contributed by atoms with E-state index in [0.717, 1.165) is 14.5 Å². The molecule has 0 aromatic carbocycles. The lowest BCUT2D eigenvalue weighted by Gasteiger charge is -2.26. The Morgan fingerprint density at radius 3 is 2.89 bits per heavy atom. The van der Waals surface area contributed by atoms with E-state index in [1.807, 2.05) is 17.7 Å². The summed E-state index contributed by atoms with van der Waals surface area (Å²) in [6, 6.07) is 1.68. The summed E-state index contributed by atoms with van der Waals surface area (Å²) in [7, 11) is -3.43. The van der Waals surface area contributed by atoms with Crippen LogP contribution in [0.15, 0.2) is 27.1 Å². The van der Waals surface area contributed by atoms with Crippen LogP contribution in [0.1, 0.15) is 10.7 Å². The van der Waals surface area contributed by atoms with E-state index >= 15 is 0 Å². The van der Waals surface area contributed by atoms with E-state index in [1.54, 1.807) is 12.3 Å². The molecule has 0 atom stereocenters.